The Morgan fingerprint density at radius 1 is 0.739 bits per heavy atom. The SMILES string of the molecule is CCCCc1cc(CCCC)cc(-c2ccc3cc[nH]c3c2)c1. The van der Waals surface area contributed by atoms with Crippen LogP contribution in [0.5, 0.6) is 0 Å². The minimum Gasteiger partial charge on any atom is -0.361 e. The van der Waals surface area contributed by atoms with Crippen LogP contribution in [0.3, 0.4) is 0 Å². The summed E-state index contributed by atoms with van der Waals surface area (Å²) in [5.74, 6) is 0. The number of unbranched alkanes of at least 4 members (excludes halogenated alkanes) is 2. The average molecular weight is 305 g/mol. The topological polar surface area (TPSA) is 15.8 Å². The zero-order valence-electron chi connectivity index (χ0n) is 14.4. The predicted molar refractivity (Wildman–Crippen MR) is 101 cm³/mol. The second-order valence-corrected chi connectivity index (χ2v) is 6.52. The van der Waals surface area contributed by atoms with E-state index in [9.17, 15) is 0 Å². The maximum Gasteiger partial charge on any atom is 0.0460 e. The molecule has 1 nitrogen and oxygen atoms in total. The predicted octanol–water partition coefficient (Wildman–Crippen LogP) is 6.52. The molecule has 0 aliphatic heterocycles. The number of aromatic nitrogens is 1. The van der Waals surface area contributed by atoms with E-state index in [2.05, 4.69) is 61.3 Å². The molecule has 3 rings (SSSR count). The van der Waals surface area contributed by atoms with E-state index in [0.717, 1.165) is 0 Å². The van der Waals surface area contributed by atoms with E-state index in [0.29, 0.717) is 0 Å². The molecule has 1 N–H and O–H groups in total. The van der Waals surface area contributed by atoms with Crippen molar-refractivity contribution in [2.24, 2.45) is 0 Å². The fourth-order valence-electron chi connectivity index (χ4n) is 3.21. The van der Waals surface area contributed by atoms with Gasteiger partial charge in [-0.3, -0.25) is 0 Å². The van der Waals surface area contributed by atoms with Crippen molar-refractivity contribution in [3.8, 4) is 11.1 Å². The van der Waals surface area contributed by atoms with Crippen LogP contribution in [-0.4, -0.2) is 4.98 Å². The summed E-state index contributed by atoms with van der Waals surface area (Å²) in [5.41, 5.74) is 6.87. The second-order valence-electron chi connectivity index (χ2n) is 6.52. The summed E-state index contributed by atoms with van der Waals surface area (Å²) in [6.45, 7) is 4.53. The molecule has 1 aromatic heterocycles. The number of benzene rings is 2. The first-order chi connectivity index (χ1) is 11.3. The van der Waals surface area contributed by atoms with Gasteiger partial charge in [0, 0.05) is 11.7 Å². The van der Waals surface area contributed by atoms with Crippen molar-refractivity contribution in [1.29, 1.82) is 0 Å². The van der Waals surface area contributed by atoms with E-state index >= 15 is 0 Å². The van der Waals surface area contributed by atoms with Crippen LogP contribution >= 0.6 is 0 Å². The van der Waals surface area contributed by atoms with Gasteiger partial charge in [0.25, 0.3) is 0 Å². The first-order valence-electron chi connectivity index (χ1n) is 9.00. The Morgan fingerprint density at radius 2 is 1.43 bits per heavy atom. The summed E-state index contributed by atoms with van der Waals surface area (Å²) in [6.07, 6.45) is 9.44. The molecule has 1 heterocycles. The maximum atomic E-state index is 3.33. The molecule has 2 aromatic carbocycles. The number of H-pyrrole nitrogens is 1. The molecule has 0 spiro atoms. The summed E-state index contributed by atoms with van der Waals surface area (Å²) in [6, 6.07) is 16.1. The first kappa shape index (κ1) is 15.9. The van der Waals surface area contributed by atoms with Crippen LogP contribution in [0.1, 0.15) is 50.7 Å². The summed E-state index contributed by atoms with van der Waals surface area (Å²) < 4.78 is 0. The van der Waals surface area contributed by atoms with Gasteiger partial charge in [0.2, 0.25) is 0 Å². The Hall–Kier alpha value is -2.02. The van der Waals surface area contributed by atoms with Gasteiger partial charge in [-0.25, -0.2) is 0 Å². The first-order valence-corrected chi connectivity index (χ1v) is 9.00. The highest BCUT2D eigenvalue weighted by Gasteiger charge is 2.05. The highest BCUT2D eigenvalue weighted by molar-refractivity contribution is 5.85. The van der Waals surface area contributed by atoms with E-state index in [1.807, 2.05) is 6.20 Å². The standard InChI is InChI=1S/C22H27N/c1-3-5-7-17-13-18(8-6-4-2)15-21(14-17)20-10-9-19-11-12-23-22(19)16-20/h9-16,23H,3-8H2,1-2H3. The highest BCUT2D eigenvalue weighted by atomic mass is 14.7. The zero-order chi connectivity index (χ0) is 16.1. The zero-order valence-corrected chi connectivity index (χ0v) is 14.4. The number of rotatable bonds is 7. The van der Waals surface area contributed by atoms with E-state index in [1.165, 1.54) is 71.7 Å². The summed E-state index contributed by atoms with van der Waals surface area (Å²) >= 11 is 0. The van der Waals surface area contributed by atoms with E-state index in [-0.39, 0.29) is 0 Å². The van der Waals surface area contributed by atoms with E-state index < -0.39 is 0 Å². The number of nitrogens with one attached hydrogen (secondary N) is 1. The molecule has 1 heteroatoms. The van der Waals surface area contributed by atoms with Crippen molar-refractivity contribution in [3.05, 3.63) is 59.8 Å². The van der Waals surface area contributed by atoms with Crippen LogP contribution in [-0.2, 0) is 12.8 Å². The van der Waals surface area contributed by atoms with Crippen LogP contribution in [0.2, 0.25) is 0 Å². The Bertz CT molecular complexity index is 740. The highest BCUT2D eigenvalue weighted by Crippen LogP contribution is 2.27. The Labute approximate surface area is 139 Å². The van der Waals surface area contributed by atoms with Crippen molar-refractivity contribution < 1.29 is 0 Å². The molecule has 0 bridgehead atoms. The van der Waals surface area contributed by atoms with E-state index in [4.69, 9.17) is 0 Å². The van der Waals surface area contributed by atoms with E-state index in [1.54, 1.807) is 0 Å². The van der Waals surface area contributed by atoms with Crippen molar-refractivity contribution in [2.45, 2.75) is 52.4 Å². The van der Waals surface area contributed by atoms with Crippen LogP contribution in [0.4, 0.5) is 0 Å². The van der Waals surface area contributed by atoms with Crippen molar-refractivity contribution in [3.63, 3.8) is 0 Å². The van der Waals surface area contributed by atoms with Crippen LogP contribution < -0.4 is 0 Å². The third-order valence-corrected chi connectivity index (χ3v) is 4.58. The fourth-order valence-corrected chi connectivity index (χ4v) is 3.21. The number of aromatic amines is 1. The van der Waals surface area contributed by atoms with Gasteiger partial charge in [-0.15, -0.1) is 0 Å². The van der Waals surface area contributed by atoms with Crippen molar-refractivity contribution in [2.75, 3.05) is 0 Å². The summed E-state index contributed by atoms with van der Waals surface area (Å²) in [7, 11) is 0. The van der Waals surface area contributed by atoms with Gasteiger partial charge < -0.3 is 4.98 Å². The summed E-state index contributed by atoms with van der Waals surface area (Å²) in [4.78, 5) is 3.33. The monoisotopic (exact) mass is 305 g/mol. The smallest absolute Gasteiger partial charge is 0.0460 e. The van der Waals surface area contributed by atoms with Gasteiger partial charge in [0.1, 0.15) is 0 Å². The quantitative estimate of drug-likeness (QED) is 0.511. The normalized spacial score (nSPS) is 11.2. The molecule has 3 aromatic rings. The molecule has 0 fully saturated rings. The second kappa shape index (κ2) is 7.50. The van der Waals surface area contributed by atoms with Crippen LogP contribution in [0.15, 0.2) is 48.7 Å². The van der Waals surface area contributed by atoms with Crippen molar-refractivity contribution >= 4 is 10.9 Å². The minimum absolute atomic E-state index is 1.19. The van der Waals surface area contributed by atoms with Gasteiger partial charge in [-0.2, -0.15) is 0 Å². The fraction of sp³-hybridized carbons (Fsp3) is 0.364. The van der Waals surface area contributed by atoms with Crippen LogP contribution in [0, 0.1) is 0 Å². The Balaban J connectivity index is 1.97. The molecule has 0 amide bonds. The van der Waals surface area contributed by atoms with Crippen LogP contribution in [0.25, 0.3) is 22.0 Å². The van der Waals surface area contributed by atoms with Gasteiger partial charge in [0.05, 0.1) is 0 Å². The molecular weight excluding hydrogens is 278 g/mol. The number of hydrogen-bond acceptors (Lipinski definition) is 0. The minimum atomic E-state index is 1.19. The van der Waals surface area contributed by atoms with Gasteiger partial charge in [0.15, 0.2) is 0 Å². The number of hydrogen-bond donors (Lipinski definition) is 1. The molecule has 120 valence electrons. The maximum absolute atomic E-state index is 3.33. The molecule has 0 saturated carbocycles. The van der Waals surface area contributed by atoms with Gasteiger partial charge in [-0.05, 0) is 65.5 Å². The lowest BCUT2D eigenvalue weighted by molar-refractivity contribution is 0.781. The Morgan fingerprint density at radius 3 is 2.09 bits per heavy atom. The molecule has 0 atom stereocenters. The van der Waals surface area contributed by atoms with Gasteiger partial charge >= 0.3 is 0 Å². The summed E-state index contributed by atoms with van der Waals surface area (Å²) in [5, 5.41) is 1.28. The number of aryl methyl sites for hydroxylation is 2. The van der Waals surface area contributed by atoms with Gasteiger partial charge in [-0.1, -0.05) is 57.0 Å². The molecule has 0 radical (unpaired) electrons. The molecule has 0 unspecified atom stereocenters. The lowest BCUT2D eigenvalue weighted by atomic mass is 9.95. The molecule has 0 aliphatic rings. The molecule has 0 saturated heterocycles. The largest absolute Gasteiger partial charge is 0.361 e. The Kier molecular flexibility index (Phi) is 5.17. The number of fused-ring (bicyclic) bond motifs is 1. The molecule has 0 aliphatic carbocycles. The lowest BCUT2D eigenvalue weighted by Crippen LogP contribution is -1.92. The van der Waals surface area contributed by atoms with Crippen molar-refractivity contribution in [1.82, 2.24) is 4.98 Å². The average Bonchev–Trinajstić information content (AvgIpc) is 3.05. The lowest BCUT2D eigenvalue weighted by Gasteiger charge is -2.10. The third-order valence-electron chi connectivity index (χ3n) is 4.58. The molecular formula is C22H27N. The third kappa shape index (κ3) is 3.85. The molecule has 23 heavy (non-hydrogen) atoms.